The summed E-state index contributed by atoms with van der Waals surface area (Å²) in [5.41, 5.74) is 5.50. The quantitative estimate of drug-likeness (QED) is 0.0577. The van der Waals surface area contributed by atoms with E-state index in [-0.39, 0.29) is 6.61 Å². The third kappa shape index (κ3) is 10.7. The molecule has 0 aromatic rings. The highest BCUT2D eigenvalue weighted by atomic mass is 16.8. The first kappa shape index (κ1) is 44.2. The molecule has 22 nitrogen and oxygen atoms in total. The van der Waals surface area contributed by atoms with Crippen LogP contribution in [0.1, 0.15) is 39.5 Å². The normalized spacial score (nSPS) is 39.3. The Balaban J connectivity index is 1.87. The minimum absolute atomic E-state index is 0.103. The van der Waals surface area contributed by atoms with Crippen molar-refractivity contribution in [3.63, 3.8) is 0 Å². The minimum Gasteiger partial charge on any atom is -0.477 e. The number of carboxylic acids is 1. The van der Waals surface area contributed by atoms with Crippen molar-refractivity contribution < 1.29 is 93.9 Å². The molecule has 2 unspecified atom stereocenters. The van der Waals surface area contributed by atoms with Crippen LogP contribution >= 0.6 is 0 Å². The van der Waals surface area contributed by atoms with Gasteiger partial charge in [-0.3, -0.25) is 9.59 Å². The maximum atomic E-state index is 12.6. The molecule has 16 atom stereocenters. The zero-order chi connectivity index (χ0) is 38.9. The van der Waals surface area contributed by atoms with Gasteiger partial charge in [0.1, 0.15) is 67.1 Å². The fourth-order valence-corrected chi connectivity index (χ4v) is 6.20. The first-order chi connectivity index (χ1) is 24.5. The number of amides is 2. The number of hydrogen-bond donors (Lipinski definition) is 13. The number of carbonyl (C=O) groups excluding carboxylic acids is 2. The summed E-state index contributed by atoms with van der Waals surface area (Å²) in [6.45, 7) is 0.00151. The molecule has 2 amide bonds. The van der Waals surface area contributed by atoms with Gasteiger partial charge in [-0.05, 0) is 25.8 Å². The Bertz CT molecular complexity index is 1160. The second kappa shape index (κ2) is 19.9. The number of aliphatic hydroxyl groups is 9. The van der Waals surface area contributed by atoms with E-state index in [2.05, 4.69) is 10.6 Å². The summed E-state index contributed by atoms with van der Waals surface area (Å²) in [6, 6.07) is -3.05. The first-order valence-electron chi connectivity index (χ1n) is 16.9. The fourth-order valence-electron chi connectivity index (χ4n) is 6.20. The van der Waals surface area contributed by atoms with Gasteiger partial charge in [-0.2, -0.15) is 0 Å². The van der Waals surface area contributed by atoms with E-state index in [9.17, 15) is 65.4 Å². The summed E-state index contributed by atoms with van der Waals surface area (Å²) in [5.74, 6) is -6.15. The average Bonchev–Trinajstić information content (AvgIpc) is 3.09. The van der Waals surface area contributed by atoms with E-state index < -0.39 is 142 Å². The Kier molecular flexibility index (Phi) is 16.9. The van der Waals surface area contributed by atoms with Gasteiger partial charge in [-0.25, -0.2) is 4.79 Å². The number of carboxylic acid groups (broad SMARTS) is 1. The maximum Gasteiger partial charge on any atom is 0.364 e. The van der Waals surface area contributed by atoms with E-state index in [4.69, 9.17) is 34.2 Å². The molecule has 3 fully saturated rings. The number of nitrogens with one attached hydrogen (secondary N) is 2. The van der Waals surface area contributed by atoms with Gasteiger partial charge in [0.2, 0.25) is 11.8 Å². The fraction of sp³-hybridized carbons (Fsp3) is 0.900. The molecule has 3 rings (SSSR count). The number of unbranched alkanes of at least 4 members (excludes halogenated alkanes) is 2. The van der Waals surface area contributed by atoms with Crippen LogP contribution in [-0.4, -0.2) is 199 Å². The van der Waals surface area contributed by atoms with Crippen LogP contribution in [0.4, 0.5) is 0 Å². The highest BCUT2D eigenvalue weighted by Gasteiger charge is 2.57. The van der Waals surface area contributed by atoms with Gasteiger partial charge < -0.3 is 95.9 Å². The van der Waals surface area contributed by atoms with Crippen LogP contribution < -0.4 is 16.4 Å². The summed E-state index contributed by atoms with van der Waals surface area (Å²) >= 11 is 0. The average molecular weight is 760 g/mol. The Labute approximate surface area is 298 Å². The number of carbonyl (C=O) groups is 3. The number of hydrogen-bond acceptors (Lipinski definition) is 19. The van der Waals surface area contributed by atoms with Crippen molar-refractivity contribution in [2.75, 3.05) is 33.0 Å². The molecule has 0 spiro atoms. The largest absolute Gasteiger partial charge is 0.477 e. The van der Waals surface area contributed by atoms with E-state index in [1.165, 1.54) is 0 Å². The topological polar surface area (TPSA) is 359 Å². The highest BCUT2D eigenvalue weighted by Crippen LogP contribution is 2.35. The first-order valence-corrected chi connectivity index (χ1v) is 16.9. The third-order valence-electron chi connectivity index (χ3n) is 8.98. The monoisotopic (exact) mass is 759 g/mol. The number of aliphatic carboxylic acids is 1. The van der Waals surface area contributed by atoms with Crippen molar-refractivity contribution in [2.45, 2.75) is 137 Å². The summed E-state index contributed by atoms with van der Waals surface area (Å²) < 4.78 is 34.0. The maximum absolute atomic E-state index is 12.6. The molecule has 22 heteroatoms. The molecular formula is C30H53N3O19. The summed E-state index contributed by atoms with van der Waals surface area (Å²) in [7, 11) is 0. The van der Waals surface area contributed by atoms with Crippen molar-refractivity contribution in [3.05, 3.63) is 0 Å². The summed E-state index contributed by atoms with van der Waals surface area (Å²) in [6.07, 6.45) is -21.8. The molecule has 52 heavy (non-hydrogen) atoms. The molecule has 0 bridgehead atoms. The van der Waals surface area contributed by atoms with E-state index in [1.807, 2.05) is 0 Å². The third-order valence-corrected chi connectivity index (χ3v) is 8.98. The van der Waals surface area contributed by atoms with E-state index >= 15 is 0 Å². The second-order valence-corrected chi connectivity index (χ2v) is 13.0. The lowest BCUT2D eigenvalue weighted by Crippen LogP contribution is -2.69. The van der Waals surface area contributed by atoms with Gasteiger partial charge in [-0.1, -0.05) is 0 Å². The van der Waals surface area contributed by atoms with Gasteiger partial charge in [-0.15, -0.1) is 0 Å². The van der Waals surface area contributed by atoms with E-state index in [0.29, 0.717) is 19.4 Å². The lowest BCUT2D eigenvalue weighted by molar-refractivity contribution is -0.356. The molecule has 14 N–H and O–H groups in total. The van der Waals surface area contributed by atoms with Crippen molar-refractivity contribution in [1.29, 1.82) is 0 Å². The summed E-state index contributed by atoms with van der Waals surface area (Å²) in [4.78, 5) is 36.5. The predicted molar refractivity (Wildman–Crippen MR) is 168 cm³/mol. The molecule has 3 aliphatic rings. The van der Waals surface area contributed by atoms with Crippen molar-refractivity contribution in [2.24, 2.45) is 5.73 Å². The number of ether oxygens (including phenoxy) is 6. The lowest BCUT2D eigenvalue weighted by Gasteiger charge is -2.48. The minimum atomic E-state index is -2.84. The zero-order valence-corrected chi connectivity index (χ0v) is 28.7. The van der Waals surface area contributed by atoms with Crippen LogP contribution in [-0.2, 0) is 42.8 Å². The molecule has 0 aromatic carbocycles. The molecule has 0 aliphatic carbocycles. The van der Waals surface area contributed by atoms with Crippen LogP contribution in [0.15, 0.2) is 0 Å². The second-order valence-electron chi connectivity index (χ2n) is 13.0. The molecule has 0 radical (unpaired) electrons. The van der Waals surface area contributed by atoms with Gasteiger partial charge in [0, 0.05) is 26.9 Å². The smallest absolute Gasteiger partial charge is 0.364 e. The van der Waals surface area contributed by atoms with Crippen LogP contribution in [0.5, 0.6) is 0 Å². The molecule has 302 valence electrons. The number of aliphatic hydroxyl groups excluding tert-OH is 9. The van der Waals surface area contributed by atoms with Crippen LogP contribution in [0.2, 0.25) is 0 Å². The van der Waals surface area contributed by atoms with Gasteiger partial charge in [0.15, 0.2) is 12.6 Å². The summed E-state index contributed by atoms with van der Waals surface area (Å²) in [5, 5.41) is 110. The molecule has 0 saturated carbocycles. The van der Waals surface area contributed by atoms with Crippen molar-refractivity contribution in [3.8, 4) is 0 Å². The van der Waals surface area contributed by atoms with Gasteiger partial charge >= 0.3 is 5.97 Å². The van der Waals surface area contributed by atoms with Crippen molar-refractivity contribution in [1.82, 2.24) is 10.6 Å². The Morgan fingerprint density at radius 3 is 2.08 bits per heavy atom. The lowest BCUT2D eigenvalue weighted by atomic mass is 9.88. The number of nitrogens with two attached hydrogens (primary N) is 1. The SMILES string of the molecule is CC(=O)N[C@@H]1[C@@H](O)C[C@](OC[C@H]2O[C@@H](O[C@@H]3[C@@H](O)[C@H](OCCCCCN)O[C@H](CO)[C@H]3O)[C@H](NC(C)=O)[C@@H](O)[C@@H]2O)(C(=O)O)O[C@H]1C(O)C(O)CO. The Hall–Kier alpha value is -2.23. The van der Waals surface area contributed by atoms with Crippen LogP contribution in [0.25, 0.3) is 0 Å². The van der Waals surface area contributed by atoms with E-state index in [0.717, 1.165) is 20.3 Å². The van der Waals surface area contributed by atoms with E-state index in [1.54, 1.807) is 0 Å². The predicted octanol–water partition coefficient (Wildman–Crippen LogP) is -6.93. The molecule has 3 heterocycles. The Morgan fingerprint density at radius 1 is 0.865 bits per heavy atom. The highest BCUT2D eigenvalue weighted by molar-refractivity contribution is 5.76. The zero-order valence-electron chi connectivity index (χ0n) is 28.7. The van der Waals surface area contributed by atoms with Gasteiger partial charge in [0.25, 0.3) is 5.79 Å². The molecule has 0 aromatic heterocycles. The number of rotatable bonds is 18. The van der Waals surface area contributed by atoms with Crippen molar-refractivity contribution >= 4 is 17.8 Å². The standard InChI is InChI=1S/C30H53N3O19/c1-12(36)32-18-14(38)8-30(29(45)46,52-25(18)20(40)15(39)9-34)48-11-17-21(41)23(43)19(33-13(2)37)27(50-17)51-26-22(42)16(10-35)49-28(24(26)44)47-7-5-3-4-6-31/h14-28,34-35,38-44H,3-11,31H2,1-2H3,(H,32,36)(H,33,37)(H,45,46)/t14-,15?,16+,17+,18+,19+,20?,21+,22+,23+,24+,25+,26-,27-,28+,30+/m0/s1. The molecule has 3 saturated heterocycles. The van der Waals surface area contributed by atoms with Crippen LogP contribution in [0.3, 0.4) is 0 Å². The van der Waals surface area contributed by atoms with Crippen LogP contribution in [0, 0.1) is 0 Å². The molecular weight excluding hydrogens is 706 g/mol. The molecule has 3 aliphatic heterocycles. The van der Waals surface area contributed by atoms with Gasteiger partial charge in [0.05, 0.1) is 32.0 Å². The Morgan fingerprint density at radius 2 is 1.50 bits per heavy atom.